The number of rotatable bonds is 9. The van der Waals surface area contributed by atoms with Crippen LogP contribution in [-0.2, 0) is 16.2 Å². The van der Waals surface area contributed by atoms with Gasteiger partial charge in [-0.25, -0.2) is 5.43 Å². The molecule has 0 aliphatic heterocycles. The van der Waals surface area contributed by atoms with Crippen LogP contribution < -0.4 is 20.2 Å². The SMILES string of the molecule is COc1ccc(COc2ccc(C=NNC(=O)CC(=O)Nc3ccc(Cl)c(Cl)c3)cc2)cc1. The van der Waals surface area contributed by atoms with E-state index in [1.165, 1.54) is 12.3 Å². The van der Waals surface area contributed by atoms with Gasteiger partial charge >= 0.3 is 0 Å². The maximum Gasteiger partial charge on any atom is 0.249 e. The molecule has 0 aromatic heterocycles. The number of carbonyl (C=O) groups is 2. The molecule has 170 valence electrons. The Labute approximate surface area is 201 Å². The van der Waals surface area contributed by atoms with E-state index in [9.17, 15) is 9.59 Å². The first-order chi connectivity index (χ1) is 15.9. The van der Waals surface area contributed by atoms with Gasteiger partial charge in [-0.3, -0.25) is 9.59 Å². The van der Waals surface area contributed by atoms with Gasteiger partial charge in [-0.05, 0) is 65.7 Å². The third kappa shape index (κ3) is 7.82. The van der Waals surface area contributed by atoms with Crippen LogP contribution in [0, 0.1) is 0 Å². The van der Waals surface area contributed by atoms with Crippen LogP contribution in [0.3, 0.4) is 0 Å². The largest absolute Gasteiger partial charge is 0.497 e. The number of halogens is 2. The third-order valence-electron chi connectivity index (χ3n) is 4.37. The van der Waals surface area contributed by atoms with Crippen molar-refractivity contribution in [3.8, 4) is 11.5 Å². The summed E-state index contributed by atoms with van der Waals surface area (Å²) in [6.07, 6.45) is 1.08. The van der Waals surface area contributed by atoms with Crippen molar-refractivity contribution in [3.63, 3.8) is 0 Å². The van der Waals surface area contributed by atoms with Gasteiger partial charge in [0.1, 0.15) is 24.5 Å². The fourth-order valence-corrected chi connectivity index (χ4v) is 2.98. The summed E-state index contributed by atoms with van der Waals surface area (Å²) in [7, 11) is 1.62. The molecular formula is C24H21Cl2N3O4. The highest BCUT2D eigenvalue weighted by molar-refractivity contribution is 6.42. The Bertz CT molecular complexity index is 1130. The van der Waals surface area contributed by atoms with E-state index in [1.807, 2.05) is 24.3 Å². The smallest absolute Gasteiger partial charge is 0.249 e. The molecule has 3 aromatic rings. The highest BCUT2D eigenvalue weighted by Gasteiger charge is 2.10. The zero-order chi connectivity index (χ0) is 23.6. The van der Waals surface area contributed by atoms with Gasteiger partial charge in [0.15, 0.2) is 0 Å². The molecular weight excluding hydrogens is 465 g/mol. The number of hydrogen-bond donors (Lipinski definition) is 2. The summed E-state index contributed by atoms with van der Waals surface area (Å²) in [6.45, 7) is 0.428. The number of carbonyl (C=O) groups excluding carboxylic acids is 2. The monoisotopic (exact) mass is 485 g/mol. The minimum Gasteiger partial charge on any atom is -0.497 e. The predicted octanol–water partition coefficient (Wildman–Crippen LogP) is 5.06. The maximum absolute atomic E-state index is 12.0. The van der Waals surface area contributed by atoms with E-state index in [0.717, 1.165) is 16.9 Å². The molecule has 3 rings (SSSR count). The number of amides is 2. The summed E-state index contributed by atoms with van der Waals surface area (Å²) in [4.78, 5) is 23.9. The van der Waals surface area contributed by atoms with Gasteiger partial charge < -0.3 is 14.8 Å². The average molecular weight is 486 g/mol. The maximum atomic E-state index is 12.0. The summed E-state index contributed by atoms with van der Waals surface area (Å²) in [5.74, 6) is 0.440. The molecule has 0 bridgehead atoms. The molecule has 2 N–H and O–H groups in total. The van der Waals surface area contributed by atoms with Crippen molar-refractivity contribution in [2.24, 2.45) is 5.10 Å². The average Bonchev–Trinajstić information content (AvgIpc) is 2.81. The second-order valence-electron chi connectivity index (χ2n) is 6.85. The summed E-state index contributed by atoms with van der Waals surface area (Å²) < 4.78 is 10.9. The number of nitrogens with one attached hydrogen (secondary N) is 2. The molecule has 0 spiro atoms. The lowest BCUT2D eigenvalue weighted by molar-refractivity contribution is -0.126. The molecule has 0 atom stereocenters. The molecule has 0 unspecified atom stereocenters. The van der Waals surface area contributed by atoms with Gasteiger partial charge in [-0.15, -0.1) is 0 Å². The molecule has 0 aliphatic carbocycles. The minimum atomic E-state index is -0.553. The summed E-state index contributed by atoms with van der Waals surface area (Å²) in [6, 6.07) is 19.5. The first kappa shape index (κ1) is 24.1. The van der Waals surface area contributed by atoms with E-state index in [0.29, 0.717) is 28.1 Å². The van der Waals surface area contributed by atoms with Crippen molar-refractivity contribution in [1.82, 2.24) is 5.43 Å². The van der Waals surface area contributed by atoms with Gasteiger partial charge in [0.25, 0.3) is 0 Å². The van der Waals surface area contributed by atoms with Crippen molar-refractivity contribution in [3.05, 3.63) is 87.9 Å². The van der Waals surface area contributed by atoms with Crippen LogP contribution in [0.4, 0.5) is 5.69 Å². The Kier molecular flexibility index (Phi) is 8.69. The Morgan fingerprint density at radius 3 is 2.27 bits per heavy atom. The van der Waals surface area contributed by atoms with Crippen molar-refractivity contribution < 1.29 is 19.1 Å². The quantitative estimate of drug-likeness (QED) is 0.251. The molecule has 9 heteroatoms. The second-order valence-corrected chi connectivity index (χ2v) is 7.67. The van der Waals surface area contributed by atoms with Crippen LogP contribution in [0.15, 0.2) is 71.8 Å². The number of hydrazone groups is 1. The summed E-state index contributed by atoms with van der Waals surface area (Å²) in [5.41, 5.74) is 4.54. The second kappa shape index (κ2) is 11.9. The Balaban J connectivity index is 1.42. The van der Waals surface area contributed by atoms with Crippen LogP contribution in [0.5, 0.6) is 11.5 Å². The minimum absolute atomic E-state index is 0.306. The summed E-state index contributed by atoms with van der Waals surface area (Å²) >= 11 is 11.7. The fraction of sp³-hybridized carbons (Fsp3) is 0.125. The van der Waals surface area contributed by atoms with E-state index in [-0.39, 0.29) is 0 Å². The number of ether oxygens (including phenoxy) is 2. The first-order valence-electron chi connectivity index (χ1n) is 9.85. The number of nitrogens with zero attached hydrogens (tertiary/aromatic N) is 1. The van der Waals surface area contributed by atoms with Crippen LogP contribution in [-0.4, -0.2) is 25.1 Å². The number of anilines is 1. The lowest BCUT2D eigenvalue weighted by Gasteiger charge is -2.07. The van der Waals surface area contributed by atoms with E-state index in [4.69, 9.17) is 32.7 Å². The van der Waals surface area contributed by atoms with Gasteiger partial charge in [0.05, 0.1) is 23.4 Å². The Morgan fingerprint density at radius 2 is 1.61 bits per heavy atom. The van der Waals surface area contributed by atoms with Crippen molar-refractivity contribution >= 4 is 46.9 Å². The van der Waals surface area contributed by atoms with E-state index in [1.54, 1.807) is 43.5 Å². The van der Waals surface area contributed by atoms with Gasteiger partial charge in [0, 0.05) is 5.69 Å². The molecule has 2 amide bonds. The van der Waals surface area contributed by atoms with Crippen LogP contribution >= 0.6 is 23.2 Å². The topological polar surface area (TPSA) is 89.0 Å². The van der Waals surface area contributed by atoms with Crippen molar-refractivity contribution in [2.75, 3.05) is 12.4 Å². The lowest BCUT2D eigenvalue weighted by atomic mass is 10.2. The summed E-state index contributed by atoms with van der Waals surface area (Å²) in [5, 5.41) is 7.12. The molecule has 0 fully saturated rings. The third-order valence-corrected chi connectivity index (χ3v) is 5.11. The van der Waals surface area contributed by atoms with Crippen LogP contribution in [0.2, 0.25) is 10.0 Å². The standard InChI is InChI=1S/C24H21Cl2N3O4/c1-32-19-7-4-17(5-8-19)15-33-20-9-2-16(3-10-20)14-27-29-24(31)13-23(30)28-18-6-11-21(25)22(26)12-18/h2-12,14H,13,15H2,1H3,(H,28,30)(H,29,31). The highest BCUT2D eigenvalue weighted by Crippen LogP contribution is 2.25. The van der Waals surface area contributed by atoms with Crippen LogP contribution in [0.1, 0.15) is 17.5 Å². The zero-order valence-corrected chi connectivity index (χ0v) is 19.2. The molecule has 0 saturated carbocycles. The molecule has 3 aromatic carbocycles. The zero-order valence-electron chi connectivity index (χ0n) is 17.7. The number of benzene rings is 3. The van der Waals surface area contributed by atoms with E-state index in [2.05, 4.69) is 15.8 Å². The molecule has 0 saturated heterocycles. The normalized spacial score (nSPS) is 10.6. The molecule has 7 nitrogen and oxygen atoms in total. The number of methoxy groups -OCH3 is 1. The molecule has 0 aliphatic rings. The Morgan fingerprint density at radius 1 is 0.909 bits per heavy atom. The van der Waals surface area contributed by atoms with Crippen molar-refractivity contribution in [1.29, 1.82) is 0 Å². The molecule has 33 heavy (non-hydrogen) atoms. The highest BCUT2D eigenvalue weighted by atomic mass is 35.5. The Hall–Kier alpha value is -3.55. The first-order valence-corrected chi connectivity index (χ1v) is 10.6. The van der Waals surface area contributed by atoms with Crippen LogP contribution in [0.25, 0.3) is 0 Å². The van der Waals surface area contributed by atoms with E-state index >= 15 is 0 Å². The number of hydrogen-bond acceptors (Lipinski definition) is 5. The lowest BCUT2D eigenvalue weighted by Crippen LogP contribution is -2.24. The van der Waals surface area contributed by atoms with Gasteiger partial charge in [-0.1, -0.05) is 35.3 Å². The van der Waals surface area contributed by atoms with Gasteiger partial charge in [0.2, 0.25) is 11.8 Å². The van der Waals surface area contributed by atoms with Crippen molar-refractivity contribution in [2.45, 2.75) is 13.0 Å². The fourth-order valence-electron chi connectivity index (χ4n) is 2.68. The molecule has 0 heterocycles. The predicted molar refractivity (Wildman–Crippen MR) is 129 cm³/mol. The van der Waals surface area contributed by atoms with Gasteiger partial charge in [-0.2, -0.15) is 5.10 Å². The molecule has 0 radical (unpaired) electrons. The van der Waals surface area contributed by atoms with E-state index < -0.39 is 18.2 Å².